The third-order valence-electron chi connectivity index (χ3n) is 3.19. The Hall–Kier alpha value is -3.55. The number of anilines is 7. The number of hydrogen-bond donors (Lipinski definition) is 5. The van der Waals surface area contributed by atoms with Crippen LogP contribution in [0.15, 0.2) is 48.5 Å². The van der Waals surface area contributed by atoms with E-state index in [1.54, 1.807) is 31.3 Å². The van der Waals surface area contributed by atoms with Gasteiger partial charge in [-0.25, -0.2) is 0 Å². The molecule has 0 amide bonds. The van der Waals surface area contributed by atoms with E-state index >= 15 is 0 Å². The van der Waals surface area contributed by atoms with Crippen molar-refractivity contribution in [2.24, 2.45) is 0 Å². The maximum Gasteiger partial charge on any atom is 0.233 e. The number of rotatable bonds is 5. The number of hydrogen-bond acceptors (Lipinski definition) is 8. The molecule has 1 aromatic heterocycles. The molecule has 122 valence electrons. The molecule has 2 aromatic carbocycles. The number of nitrogens with one attached hydrogen (secondary N) is 3. The molecule has 0 bridgehead atoms. The summed E-state index contributed by atoms with van der Waals surface area (Å²) in [4.78, 5) is 12.9. The van der Waals surface area contributed by atoms with Crippen LogP contribution in [0, 0.1) is 0 Å². The fourth-order valence-electron chi connectivity index (χ4n) is 1.99. The lowest BCUT2D eigenvalue weighted by Gasteiger charge is -2.10. The molecule has 24 heavy (non-hydrogen) atoms. The molecule has 3 rings (SSSR count). The van der Waals surface area contributed by atoms with E-state index in [0.29, 0.717) is 29.2 Å². The Morgan fingerprint density at radius 1 is 0.625 bits per heavy atom. The summed E-state index contributed by atoms with van der Waals surface area (Å²) in [6, 6.07) is 14.6. The Kier molecular flexibility index (Phi) is 4.28. The molecule has 0 spiro atoms. The minimum absolute atomic E-state index is 0.414. The SMILES string of the molecule is CNc1nc(Nc2ccc(N)cc2)nc(Nc2ccc(N)cc2)n1. The average Bonchev–Trinajstić information content (AvgIpc) is 2.59. The summed E-state index contributed by atoms with van der Waals surface area (Å²) in [5.41, 5.74) is 14.4. The van der Waals surface area contributed by atoms with E-state index in [2.05, 4.69) is 30.9 Å². The van der Waals surface area contributed by atoms with Crippen LogP contribution in [-0.2, 0) is 0 Å². The molecule has 1 heterocycles. The van der Waals surface area contributed by atoms with Crippen molar-refractivity contribution in [2.75, 3.05) is 34.5 Å². The van der Waals surface area contributed by atoms with Gasteiger partial charge in [-0.05, 0) is 48.5 Å². The topological polar surface area (TPSA) is 127 Å². The van der Waals surface area contributed by atoms with Crippen LogP contribution in [0.4, 0.5) is 40.6 Å². The van der Waals surface area contributed by atoms with Crippen LogP contribution < -0.4 is 27.4 Å². The second kappa shape index (κ2) is 6.69. The van der Waals surface area contributed by atoms with Crippen molar-refractivity contribution >= 4 is 40.6 Å². The summed E-state index contributed by atoms with van der Waals surface area (Å²) in [6.45, 7) is 0. The van der Waals surface area contributed by atoms with E-state index in [1.807, 2.05) is 24.3 Å². The Morgan fingerprint density at radius 2 is 1.00 bits per heavy atom. The van der Waals surface area contributed by atoms with Gasteiger partial charge in [0.2, 0.25) is 17.8 Å². The molecule has 0 unspecified atom stereocenters. The molecule has 0 saturated carbocycles. The molecule has 0 atom stereocenters. The van der Waals surface area contributed by atoms with Crippen LogP contribution >= 0.6 is 0 Å². The predicted molar refractivity (Wildman–Crippen MR) is 97.6 cm³/mol. The van der Waals surface area contributed by atoms with E-state index in [1.165, 1.54) is 0 Å². The first kappa shape index (κ1) is 15.3. The second-order valence-electron chi connectivity index (χ2n) is 5.05. The fourth-order valence-corrected chi connectivity index (χ4v) is 1.99. The van der Waals surface area contributed by atoms with E-state index in [9.17, 15) is 0 Å². The highest BCUT2D eigenvalue weighted by Crippen LogP contribution is 2.19. The van der Waals surface area contributed by atoms with Crippen molar-refractivity contribution in [1.82, 2.24) is 15.0 Å². The maximum absolute atomic E-state index is 5.69. The first-order valence-electron chi connectivity index (χ1n) is 7.31. The minimum Gasteiger partial charge on any atom is -0.399 e. The summed E-state index contributed by atoms with van der Waals surface area (Å²) < 4.78 is 0. The van der Waals surface area contributed by atoms with E-state index in [4.69, 9.17) is 11.5 Å². The highest BCUT2D eigenvalue weighted by Gasteiger charge is 2.06. The van der Waals surface area contributed by atoms with Crippen LogP contribution in [0.5, 0.6) is 0 Å². The number of benzene rings is 2. The summed E-state index contributed by atoms with van der Waals surface area (Å²) in [5.74, 6) is 1.27. The van der Waals surface area contributed by atoms with Gasteiger partial charge in [0.25, 0.3) is 0 Å². The molecule has 0 aliphatic rings. The predicted octanol–water partition coefficient (Wildman–Crippen LogP) is 2.56. The number of nitrogen functional groups attached to an aromatic ring is 2. The van der Waals surface area contributed by atoms with Crippen molar-refractivity contribution in [1.29, 1.82) is 0 Å². The van der Waals surface area contributed by atoms with Gasteiger partial charge in [0.15, 0.2) is 0 Å². The lowest BCUT2D eigenvalue weighted by atomic mass is 10.3. The monoisotopic (exact) mass is 322 g/mol. The zero-order valence-corrected chi connectivity index (χ0v) is 13.1. The lowest BCUT2D eigenvalue weighted by Crippen LogP contribution is -2.07. The molecular formula is C16H18N8. The molecule has 7 N–H and O–H groups in total. The lowest BCUT2D eigenvalue weighted by molar-refractivity contribution is 1.06. The van der Waals surface area contributed by atoms with Crippen molar-refractivity contribution in [3.05, 3.63) is 48.5 Å². The van der Waals surface area contributed by atoms with Gasteiger partial charge in [-0.1, -0.05) is 0 Å². The van der Waals surface area contributed by atoms with Crippen LogP contribution in [0.1, 0.15) is 0 Å². The van der Waals surface area contributed by atoms with Crippen molar-refractivity contribution in [3.63, 3.8) is 0 Å². The average molecular weight is 322 g/mol. The molecular weight excluding hydrogens is 304 g/mol. The van der Waals surface area contributed by atoms with E-state index < -0.39 is 0 Å². The van der Waals surface area contributed by atoms with Crippen LogP contribution in [-0.4, -0.2) is 22.0 Å². The second-order valence-corrected chi connectivity index (χ2v) is 5.05. The first-order chi connectivity index (χ1) is 11.6. The van der Waals surface area contributed by atoms with Gasteiger partial charge in [0.1, 0.15) is 0 Å². The Balaban J connectivity index is 1.84. The number of nitrogens with zero attached hydrogens (tertiary/aromatic N) is 3. The van der Waals surface area contributed by atoms with Gasteiger partial charge in [0, 0.05) is 29.8 Å². The fraction of sp³-hybridized carbons (Fsp3) is 0.0625. The zero-order valence-electron chi connectivity index (χ0n) is 13.1. The molecule has 8 heteroatoms. The zero-order chi connectivity index (χ0) is 16.9. The highest BCUT2D eigenvalue weighted by atomic mass is 15.3. The van der Waals surface area contributed by atoms with Crippen molar-refractivity contribution in [3.8, 4) is 0 Å². The van der Waals surface area contributed by atoms with Gasteiger partial charge in [-0.15, -0.1) is 0 Å². The summed E-state index contributed by atoms with van der Waals surface area (Å²) in [5, 5.41) is 9.16. The third-order valence-corrected chi connectivity index (χ3v) is 3.19. The van der Waals surface area contributed by atoms with Gasteiger partial charge in [0.05, 0.1) is 0 Å². The molecule has 3 aromatic rings. The Morgan fingerprint density at radius 3 is 1.38 bits per heavy atom. The van der Waals surface area contributed by atoms with Crippen LogP contribution in [0.3, 0.4) is 0 Å². The maximum atomic E-state index is 5.69. The summed E-state index contributed by atoms with van der Waals surface area (Å²) in [6.07, 6.45) is 0. The van der Waals surface area contributed by atoms with Crippen LogP contribution in [0.2, 0.25) is 0 Å². The molecule has 0 fully saturated rings. The number of nitrogens with two attached hydrogens (primary N) is 2. The molecule has 8 nitrogen and oxygen atoms in total. The third kappa shape index (κ3) is 3.80. The van der Waals surface area contributed by atoms with Gasteiger partial charge in [-0.3, -0.25) is 0 Å². The van der Waals surface area contributed by atoms with Crippen molar-refractivity contribution < 1.29 is 0 Å². The van der Waals surface area contributed by atoms with Gasteiger partial charge >= 0.3 is 0 Å². The summed E-state index contributed by atoms with van der Waals surface area (Å²) in [7, 11) is 1.75. The first-order valence-corrected chi connectivity index (χ1v) is 7.31. The van der Waals surface area contributed by atoms with Gasteiger partial charge < -0.3 is 27.4 Å². The van der Waals surface area contributed by atoms with Crippen LogP contribution in [0.25, 0.3) is 0 Å². The molecule has 0 saturated heterocycles. The minimum atomic E-state index is 0.414. The Bertz CT molecular complexity index is 749. The van der Waals surface area contributed by atoms with E-state index in [-0.39, 0.29) is 0 Å². The normalized spacial score (nSPS) is 10.2. The highest BCUT2D eigenvalue weighted by molar-refractivity contribution is 5.61. The quantitative estimate of drug-likeness (QED) is 0.454. The molecule has 0 aliphatic carbocycles. The largest absolute Gasteiger partial charge is 0.399 e. The standard InChI is InChI=1S/C16H18N8/c1-19-14-22-15(20-12-6-2-10(17)3-7-12)24-16(23-14)21-13-8-4-11(18)5-9-13/h2-9H,17-18H2,1H3,(H3,19,20,21,22,23,24). The number of aromatic nitrogens is 3. The Labute approximate surface area is 139 Å². The van der Waals surface area contributed by atoms with Gasteiger partial charge in [-0.2, -0.15) is 15.0 Å². The molecule has 0 aliphatic heterocycles. The summed E-state index contributed by atoms with van der Waals surface area (Å²) >= 11 is 0. The van der Waals surface area contributed by atoms with E-state index in [0.717, 1.165) is 11.4 Å². The molecule has 0 radical (unpaired) electrons. The smallest absolute Gasteiger partial charge is 0.233 e. The van der Waals surface area contributed by atoms with Crippen molar-refractivity contribution in [2.45, 2.75) is 0 Å².